The van der Waals surface area contributed by atoms with Crippen LogP contribution < -0.4 is 10.4 Å². The minimum atomic E-state index is -2.50. The van der Waals surface area contributed by atoms with Gasteiger partial charge < -0.3 is 9.16 Å². The molecule has 5 heteroatoms. The molecule has 1 fully saturated rings. The second kappa shape index (κ2) is 10.1. The lowest BCUT2D eigenvalue weighted by atomic mass is 10.2. The summed E-state index contributed by atoms with van der Waals surface area (Å²) >= 11 is 0. The SMILES string of the molecule is Cc1ccc([S@](=O)[C@@H]2O[C@@H]2CCCO[Si](c2ccccc2)(c2ccccc2)C(C)(C)C)cc1. The van der Waals surface area contributed by atoms with E-state index in [0.29, 0.717) is 6.61 Å². The highest BCUT2D eigenvalue weighted by atomic mass is 32.2. The molecule has 33 heavy (non-hydrogen) atoms. The molecule has 0 amide bonds. The lowest BCUT2D eigenvalue weighted by Gasteiger charge is -2.43. The number of benzene rings is 3. The lowest BCUT2D eigenvalue weighted by Crippen LogP contribution is -2.66. The summed E-state index contributed by atoms with van der Waals surface area (Å²) in [4.78, 5) is 0.844. The van der Waals surface area contributed by atoms with Crippen molar-refractivity contribution in [1.82, 2.24) is 0 Å². The highest BCUT2D eigenvalue weighted by Crippen LogP contribution is 2.37. The molecule has 1 heterocycles. The van der Waals surface area contributed by atoms with Crippen LogP contribution in [0.3, 0.4) is 0 Å². The van der Waals surface area contributed by atoms with Crippen LogP contribution in [0.1, 0.15) is 39.2 Å². The van der Waals surface area contributed by atoms with Crippen LogP contribution in [-0.2, 0) is 20.0 Å². The van der Waals surface area contributed by atoms with Crippen molar-refractivity contribution in [2.45, 2.75) is 62.0 Å². The second-order valence-electron chi connectivity index (χ2n) is 9.81. The monoisotopic (exact) mass is 478 g/mol. The first-order valence-corrected chi connectivity index (χ1v) is 14.8. The van der Waals surface area contributed by atoms with E-state index < -0.39 is 19.1 Å². The van der Waals surface area contributed by atoms with Crippen LogP contribution >= 0.6 is 0 Å². The van der Waals surface area contributed by atoms with Crippen molar-refractivity contribution in [1.29, 1.82) is 0 Å². The Hall–Kier alpha value is -2.05. The molecule has 0 saturated carbocycles. The third-order valence-corrected chi connectivity index (χ3v) is 13.0. The van der Waals surface area contributed by atoms with E-state index >= 15 is 0 Å². The highest BCUT2D eigenvalue weighted by Gasteiger charge is 2.50. The molecular weight excluding hydrogens is 444 g/mol. The van der Waals surface area contributed by atoms with E-state index in [1.54, 1.807) is 0 Å². The lowest BCUT2D eigenvalue weighted by molar-refractivity contribution is 0.278. The summed E-state index contributed by atoms with van der Waals surface area (Å²) < 4.78 is 25.5. The van der Waals surface area contributed by atoms with Crippen LogP contribution in [0.2, 0.25) is 5.04 Å². The molecule has 0 unspecified atom stereocenters. The van der Waals surface area contributed by atoms with E-state index in [2.05, 4.69) is 81.4 Å². The molecule has 0 aliphatic carbocycles. The van der Waals surface area contributed by atoms with Gasteiger partial charge in [0, 0.05) is 11.5 Å². The molecule has 4 rings (SSSR count). The summed E-state index contributed by atoms with van der Waals surface area (Å²) in [7, 11) is -3.61. The fourth-order valence-corrected chi connectivity index (χ4v) is 10.5. The highest BCUT2D eigenvalue weighted by molar-refractivity contribution is 7.85. The molecule has 3 nitrogen and oxygen atoms in total. The maximum absolute atomic E-state index is 12.8. The topological polar surface area (TPSA) is 38.8 Å². The number of hydrogen-bond acceptors (Lipinski definition) is 3. The van der Waals surface area contributed by atoms with Crippen molar-refractivity contribution in [3.05, 3.63) is 90.5 Å². The maximum atomic E-state index is 12.8. The van der Waals surface area contributed by atoms with Crippen molar-refractivity contribution in [2.75, 3.05) is 6.61 Å². The maximum Gasteiger partial charge on any atom is 0.261 e. The summed E-state index contributed by atoms with van der Waals surface area (Å²) in [5.41, 5.74) is 0.977. The van der Waals surface area contributed by atoms with Crippen LogP contribution in [-0.4, -0.2) is 30.7 Å². The minimum Gasteiger partial charge on any atom is -0.407 e. The fourth-order valence-electron chi connectivity index (χ4n) is 4.60. The molecule has 3 aromatic carbocycles. The number of ether oxygens (including phenoxy) is 1. The number of aryl methyl sites for hydroxylation is 1. The van der Waals surface area contributed by atoms with Gasteiger partial charge >= 0.3 is 0 Å². The normalized spacial score (nSPS) is 19.3. The first kappa shape index (κ1) is 24.1. The summed E-state index contributed by atoms with van der Waals surface area (Å²) in [6.45, 7) is 9.59. The fraction of sp³-hybridized carbons (Fsp3) is 0.357. The molecule has 0 N–H and O–H groups in total. The van der Waals surface area contributed by atoms with Crippen molar-refractivity contribution in [3.63, 3.8) is 0 Å². The molecule has 1 aliphatic rings. The minimum absolute atomic E-state index is 0.0265. The van der Waals surface area contributed by atoms with Gasteiger partial charge in [-0.2, -0.15) is 0 Å². The summed E-state index contributed by atoms with van der Waals surface area (Å²) in [5.74, 6) is 0. The van der Waals surface area contributed by atoms with Gasteiger partial charge in [-0.15, -0.1) is 0 Å². The van der Waals surface area contributed by atoms with E-state index in [1.165, 1.54) is 15.9 Å². The summed E-state index contributed by atoms with van der Waals surface area (Å²) in [5, 5.41) is 2.57. The van der Waals surface area contributed by atoms with Crippen molar-refractivity contribution in [3.8, 4) is 0 Å². The number of epoxide rings is 1. The molecule has 0 bridgehead atoms. The Morgan fingerprint density at radius 2 is 1.42 bits per heavy atom. The van der Waals surface area contributed by atoms with Crippen LogP contribution in [0.4, 0.5) is 0 Å². The first-order chi connectivity index (χ1) is 15.8. The molecule has 174 valence electrons. The quantitative estimate of drug-likeness (QED) is 0.242. The predicted octanol–water partition coefficient (Wildman–Crippen LogP) is 5.18. The molecule has 3 aromatic rings. The Balaban J connectivity index is 1.43. The van der Waals surface area contributed by atoms with Crippen molar-refractivity contribution >= 4 is 29.5 Å². The van der Waals surface area contributed by atoms with Gasteiger partial charge in [0.05, 0.1) is 16.9 Å². The molecule has 3 atom stereocenters. The van der Waals surface area contributed by atoms with Crippen molar-refractivity contribution in [2.24, 2.45) is 0 Å². The summed E-state index contributed by atoms with van der Waals surface area (Å²) in [6, 6.07) is 29.3. The first-order valence-electron chi connectivity index (χ1n) is 11.7. The van der Waals surface area contributed by atoms with Gasteiger partial charge in [0.1, 0.15) is 0 Å². The van der Waals surface area contributed by atoms with Gasteiger partial charge in [0.2, 0.25) is 0 Å². The van der Waals surface area contributed by atoms with E-state index in [4.69, 9.17) is 9.16 Å². The predicted molar refractivity (Wildman–Crippen MR) is 139 cm³/mol. The van der Waals surface area contributed by atoms with Crippen LogP contribution in [0.15, 0.2) is 89.8 Å². The van der Waals surface area contributed by atoms with Gasteiger partial charge in [-0.3, -0.25) is 4.21 Å². The van der Waals surface area contributed by atoms with Gasteiger partial charge in [-0.05, 0) is 47.3 Å². The molecule has 1 aliphatic heterocycles. The average Bonchev–Trinajstić information content (AvgIpc) is 3.59. The van der Waals surface area contributed by atoms with Crippen molar-refractivity contribution < 1.29 is 13.4 Å². The van der Waals surface area contributed by atoms with E-state index in [9.17, 15) is 4.21 Å². The van der Waals surface area contributed by atoms with Crippen LogP contribution in [0.5, 0.6) is 0 Å². The molecule has 0 spiro atoms. The number of hydrogen-bond donors (Lipinski definition) is 0. The standard InChI is InChI=1S/C28H34O3SSi/c1-22-17-19-23(20-18-22)32(29)27-26(31-27)16-11-21-30-33(28(2,3)4,24-12-7-5-8-13-24)25-14-9-6-10-15-25/h5-10,12-15,17-20,26-27H,11,16,21H2,1-4H3/t26-,27+,32+/m1/s1. The van der Waals surface area contributed by atoms with Gasteiger partial charge in [-0.25, -0.2) is 0 Å². The Morgan fingerprint density at radius 1 is 0.879 bits per heavy atom. The zero-order chi connectivity index (χ0) is 23.5. The Bertz CT molecular complexity index is 1020. The largest absolute Gasteiger partial charge is 0.407 e. The molecule has 0 aromatic heterocycles. The molecule has 0 radical (unpaired) electrons. The zero-order valence-corrected chi connectivity index (χ0v) is 21.8. The zero-order valence-electron chi connectivity index (χ0n) is 20.0. The Labute approximate surface area is 201 Å². The van der Waals surface area contributed by atoms with Gasteiger partial charge in [0.25, 0.3) is 8.32 Å². The average molecular weight is 479 g/mol. The Morgan fingerprint density at radius 3 is 1.94 bits per heavy atom. The van der Waals surface area contributed by atoms with Gasteiger partial charge in [-0.1, -0.05) is 99.1 Å². The number of rotatable bonds is 9. The van der Waals surface area contributed by atoms with E-state index in [1.807, 2.05) is 31.2 Å². The summed E-state index contributed by atoms with van der Waals surface area (Å²) in [6.07, 6.45) is 1.80. The molecule has 1 saturated heterocycles. The van der Waals surface area contributed by atoms with E-state index in [-0.39, 0.29) is 16.6 Å². The van der Waals surface area contributed by atoms with Crippen LogP contribution in [0, 0.1) is 6.92 Å². The molecular formula is C28H34O3SSi. The third kappa shape index (κ3) is 5.22. The van der Waals surface area contributed by atoms with E-state index in [0.717, 1.165) is 17.7 Å². The second-order valence-corrected chi connectivity index (χ2v) is 15.6. The third-order valence-electron chi connectivity index (χ3n) is 6.37. The van der Waals surface area contributed by atoms with Gasteiger partial charge in [0.15, 0.2) is 5.44 Å². The smallest absolute Gasteiger partial charge is 0.261 e. The Kier molecular flexibility index (Phi) is 7.34. The van der Waals surface area contributed by atoms with Crippen LogP contribution in [0.25, 0.3) is 0 Å².